The van der Waals surface area contributed by atoms with Gasteiger partial charge in [0.2, 0.25) is 0 Å². The molecule has 1 atom stereocenters. The van der Waals surface area contributed by atoms with Crippen LogP contribution in [0.5, 0.6) is 0 Å². The zero-order chi connectivity index (χ0) is 12.0. The third-order valence-electron chi connectivity index (χ3n) is 2.04. The first-order chi connectivity index (χ1) is 6.90. The van der Waals surface area contributed by atoms with Crippen molar-refractivity contribution in [3.8, 4) is 0 Å². The summed E-state index contributed by atoms with van der Waals surface area (Å²) in [6.45, 7) is 2.28. The second kappa shape index (κ2) is 6.68. The number of alkyl halides is 2. The number of aliphatic carboxylic acids is 1. The van der Waals surface area contributed by atoms with Gasteiger partial charge in [0.05, 0.1) is 13.2 Å². The molecule has 0 aromatic heterocycles. The molecule has 0 rings (SSSR count). The Hall–Kier alpha value is -0.750. The van der Waals surface area contributed by atoms with E-state index in [1.165, 1.54) is 0 Å². The Kier molecular flexibility index (Phi) is 6.35. The molecular weight excluding hydrogens is 208 g/mol. The van der Waals surface area contributed by atoms with E-state index < -0.39 is 25.0 Å². The van der Waals surface area contributed by atoms with Crippen molar-refractivity contribution in [1.29, 1.82) is 0 Å². The minimum Gasteiger partial charge on any atom is -0.480 e. The molecule has 4 nitrogen and oxygen atoms in total. The van der Waals surface area contributed by atoms with Crippen LogP contribution in [0, 0.1) is 5.92 Å². The molecule has 0 heterocycles. The highest BCUT2D eigenvalue weighted by atomic mass is 19.3. The number of aliphatic hydroxyl groups excluding tert-OH is 1. The Bertz CT molecular complexity index is 200. The molecule has 2 N–H and O–H groups in total. The summed E-state index contributed by atoms with van der Waals surface area (Å²) in [5, 5.41) is 17.6. The van der Waals surface area contributed by atoms with Crippen LogP contribution < -0.4 is 0 Å². The highest BCUT2D eigenvalue weighted by Crippen LogP contribution is 2.12. The number of halogens is 2. The van der Waals surface area contributed by atoms with Crippen molar-refractivity contribution in [2.45, 2.75) is 26.3 Å². The predicted octanol–water partition coefficient (Wildman–Crippen LogP) is 0.655. The van der Waals surface area contributed by atoms with E-state index in [1.54, 1.807) is 13.8 Å². The Morgan fingerprint density at radius 3 is 2.20 bits per heavy atom. The number of hydrogen-bond donors (Lipinski definition) is 2. The fourth-order valence-electron chi connectivity index (χ4n) is 1.51. The maximum atomic E-state index is 12.2. The third kappa shape index (κ3) is 5.03. The van der Waals surface area contributed by atoms with Crippen LogP contribution in [0.1, 0.15) is 13.8 Å². The lowest BCUT2D eigenvalue weighted by Crippen LogP contribution is -2.48. The Balaban J connectivity index is 4.59. The van der Waals surface area contributed by atoms with E-state index in [1.807, 2.05) is 0 Å². The molecule has 0 spiro atoms. The van der Waals surface area contributed by atoms with Crippen molar-refractivity contribution in [3.05, 3.63) is 0 Å². The highest BCUT2D eigenvalue weighted by molar-refractivity contribution is 5.73. The van der Waals surface area contributed by atoms with Gasteiger partial charge >= 0.3 is 5.97 Å². The monoisotopic (exact) mass is 225 g/mol. The fraction of sp³-hybridized carbons (Fsp3) is 0.889. The van der Waals surface area contributed by atoms with E-state index in [4.69, 9.17) is 10.2 Å². The van der Waals surface area contributed by atoms with Crippen molar-refractivity contribution in [3.63, 3.8) is 0 Å². The quantitative estimate of drug-likeness (QED) is 0.668. The number of aliphatic hydroxyl groups is 1. The van der Waals surface area contributed by atoms with Gasteiger partial charge in [-0.05, 0) is 5.92 Å². The molecule has 1 unspecified atom stereocenters. The number of carbonyl (C=O) groups is 1. The summed E-state index contributed by atoms with van der Waals surface area (Å²) in [4.78, 5) is 12.0. The van der Waals surface area contributed by atoms with Crippen LogP contribution in [0.15, 0.2) is 0 Å². The molecule has 0 aliphatic carbocycles. The van der Waals surface area contributed by atoms with E-state index in [-0.39, 0.29) is 19.1 Å². The van der Waals surface area contributed by atoms with Crippen LogP contribution >= 0.6 is 0 Å². The summed E-state index contributed by atoms with van der Waals surface area (Å²) in [6, 6.07) is -0.980. The first kappa shape index (κ1) is 14.2. The molecule has 0 amide bonds. The molecule has 0 aromatic carbocycles. The summed E-state index contributed by atoms with van der Waals surface area (Å²) >= 11 is 0. The molecule has 0 aliphatic rings. The second-order valence-electron chi connectivity index (χ2n) is 3.64. The second-order valence-corrected chi connectivity index (χ2v) is 3.64. The molecule has 15 heavy (non-hydrogen) atoms. The molecule has 0 saturated carbocycles. The largest absolute Gasteiger partial charge is 0.480 e. The van der Waals surface area contributed by atoms with E-state index in [2.05, 4.69) is 0 Å². The molecule has 0 saturated heterocycles. The summed E-state index contributed by atoms with van der Waals surface area (Å²) < 4.78 is 24.4. The maximum absolute atomic E-state index is 12.2. The van der Waals surface area contributed by atoms with Crippen LogP contribution in [0.2, 0.25) is 0 Å². The Labute approximate surface area is 87.5 Å². The summed E-state index contributed by atoms with van der Waals surface area (Å²) in [6.07, 6.45) is -2.60. The number of rotatable bonds is 7. The molecule has 0 bridgehead atoms. The van der Waals surface area contributed by atoms with Crippen LogP contribution in [0.3, 0.4) is 0 Å². The summed E-state index contributed by atoms with van der Waals surface area (Å²) in [7, 11) is 0. The molecule has 0 fully saturated rings. The standard InChI is InChI=1S/C9H17F2NO3/c1-6(2)8(9(14)15)12(3-4-13)5-7(10)11/h6-8,13H,3-5H2,1-2H3,(H,14,15). The molecule has 90 valence electrons. The molecule has 0 aromatic rings. The lowest BCUT2D eigenvalue weighted by Gasteiger charge is -2.30. The third-order valence-corrected chi connectivity index (χ3v) is 2.04. The first-order valence-corrected chi connectivity index (χ1v) is 4.76. The summed E-state index contributed by atoms with van der Waals surface area (Å²) in [5.74, 6) is -1.42. The average molecular weight is 225 g/mol. The number of carboxylic acids is 1. The van der Waals surface area contributed by atoms with Gasteiger partial charge in [-0.2, -0.15) is 0 Å². The fourth-order valence-corrected chi connectivity index (χ4v) is 1.51. The van der Waals surface area contributed by atoms with Gasteiger partial charge in [-0.1, -0.05) is 13.8 Å². The van der Waals surface area contributed by atoms with E-state index in [0.717, 1.165) is 4.90 Å². The van der Waals surface area contributed by atoms with Crippen LogP contribution in [0.25, 0.3) is 0 Å². The molecule has 0 radical (unpaired) electrons. The van der Waals surface area contributed by atoms with Gasteiger partial charge in [0, 0.05) is 6.54 Å². The van der Waals surface area contributed by atoms with E-state index in [9.17, 15) is 13.6 Å². The molecule has 6 heteroatoms. The predicted molar refractivity (Wildman–Crippen MR) is 50.9 cm³/mol. The van der Waals surface area contributed by atoms with Gasteiger partial charge in [0.1, 0.15) is 6.04 Å². The minimum absolute atomic E-state index is 0.0561. The molecule has 0 aliphatic heterocycles. The SMILES string of the molecule is CC(C)C(C(=O)O)N(CCO)CC(F)F. The van der Waals surface area contributed by atoms with Crippen LogP contribution in [-0.4, -0.2) is 53.2 Å². The van der Waals surface area contributed by atoms with Crippen molar-refractivity contribution < 1.29 is 23.8 Å². The topological polar surface area (TPSA) is 60.8 Å². The summed E-state index contributed by atoms with van der Waals surface area (Å²) in [5.41, 5.74) is 0. The lowest BCUT2D eigenvalue weighted by molar-refractivity contribution is -0.146. The lowest BCUT2D eigenvalue weighted by atomic mass is 10.0. The Morgan fingerprint density at radius 2 is 1.93 bits per heavy atom. The van der Waals surface area contributed by atoms with Crippen LogP contribution in [0.4, 0.5) is 8.78 Å². The van der Waals surface area contributed by atoms with E-state index in [0.29, 0.717) is 0 Å². The highest BCUT2D eigenvalue weighted by Gasteiger charge is 2.29. The van der Waals surface area contributed by atoms with E-state index >= 15 is 0 Å². The van der Waals surface area contributed by atoms with Crippen molar-refractivity contribution in [2.24, 2.45) is 5.92 Å². The van der Waals surface area contributed by atoms with Gasteiger partial charge in [0.15, 0.2) is 0 Å². The van der Waals surface area contributed by atoms with Gasteiger partial charge < -0.3 is 10.2 Å². The first-order valence-electron chi connectivity index (χ1n) is 4.76. The van der Waals surface area contributed by atoms with Gasteiger partial charge in [-0.25, -0.2) is 8.78 Å². The van der Waals surface area contributed by atoms with Gasteiger partial charge in [-0.15, -0.1) is 0 Å². The number of hydrogen-bond acceptors (Lipinski definition) is 3. The maximum Gasteiger partial charge on any atom is 0.321 e. The minimum atomic E-state index is -2.60. The van der Waals surface area contributed by atoms with Gasteiger partial charge in [0.25, 0.3) is 6.43 Å². The number of carboxylic acid groups (broad SMARTS) is 1. The van der Waals surface area contributed by atoms with Gasteiger partial charge in [-0.3, -0.25) is 9.69 Å². The average Bonchev–Trinajstić information content (AvgIpc) is 2.01. The normalized spacial score (nSPS) is 13.9. The smallest absolute Gasteiger partial charge is 0.321 e. The zero-order valence-corrected chi connectivity index (χ0v) is 8.86. The van der Waals surface area contributed by atoms with Crippen LogP contribution in [-0.2, 0) is 4.79 Å². The van der Waals surface area contributed by atoms with Crippen molar-refractivity contribution in [2.75, 3.05) is 19.7 Å². The van der Waals surface area contributed by atoms with Crippen molar-refractivity contribution in [1.82, 2.24) is 4.90 Å². The molecular formula is C9H17F2NO3. The van der Waals surface area contributed by atoms with Crippen molar-refractivity contribution >= 4 is 5.97 Å². The zero-order valence-electron chi connectivity index (χ0n) is 8.86. The Morgan fingerprint density at radius 1 is 1.40 bits per heavy atom. The number of nitrogens with zero attached hydrogens (tertiary/aromatic N) is 1.